The molecule has 3 nitrogen and oxygen atoms in total. The Morgan fingerprint density at radius 3 is 2.95 bits per heavy atom. The van der Waals surface area contributed by atoms with Gasteiger partial charge in [-0.15, -0.1) is 11.3 Å². The quantitative estimate of drug-likeness (QED) is 0.779. The second-order valence-electron chi connectivity index (χ2n) is 4.47. The maximum absolute atomic E-state index is 6.12. The average Bonchev–Trinajstić information content (AvgIpc) is 3.03. The molecule has 0 saturated heterocycles. The molecule has 7 heteroatoms. The van der Waals surface area contributed by atoms with Crippen LogP contribution in [0.5, 0.6) is 0 Å². The lowest BCUT2D eigenvalue weighted by Crippen LogP contribution is -2.07. The molecule has 3 rings (SSSR count). The molecule has 0 saturated carbocycles. The third-order valence-corrected chi connectivity index (χ3v) is 6.43. The van der Waals surface area contributed by atoms with Crippen molar-refractivity contribution in [3.8, 4) is 10.7 Å². The molecule has 0 bridgehead atoms. The molecule has 0 fully saturated rings. The van der Waals surface area contributed by atoms with Gasteiger partial charge >= 0.3 is 0 Å². The summed E-state index contributed by atoms with van der Waals surface area (Å²) < 4.78 is 1.64. The lowest BCUT2D eigenvalue weighted by Gasteiger charge is -2.10. The van der Waals surface area contributed by atoms with Crippen LogP contribution >= 0.6 is 50.6 Å². The van der Waals surface area contributed by atoms with Crippen LogP contribution in [-0.4, -0.2) is 16.5 Å². The number of nitrogens with zero attached hydrogens (tertiary/aromatic N) is 2. The van der Waals surface area contributed by atoms with Gasteiger partial charge < -0.3 is 5.32 Å². The van der Waals surface area contributed by atoms with Crippen LogP contribution in [-0.2, 0) is 11.5 Å². The summed E-state index contributed by atoms with van der Waals surface area (Å²) in [7, 11) is 0. The maximum atomic E-state index is 6.12. The number of thiophene rings is 1. The van der Waals surface area contributed by atoms with E-state index in [1.54, 1.807) is 0 Å². The molecule has 2 aromatic rings. The van der Waals surface area contributed by atoms with Crippen LogP contribution in [0.3, 0.4) is 0 Å². The van der Waals surface area contributed by atoms with Gasteiger partial charge in [-0.25, -0.2) is 9.97 Å². The number of nitrogens with one attached hydrogen (secondary N) is 1. The summed E-state index contributed by atoms with van der Waals surface area (Å²) in [6.07, 6.45) is 1.08. The summed E-state index contributed by atoms with van der Waals surface area (Å²) in [5.74, 6) is 3.71. The van der Waals surface area contributed by atoms with E-state index in [0.717, 1.165) is 55.5 Å². The van der Waals surface area contributed by atoms with E-state index in [-0.39, 0.29) is 0 Å². The highest BCUT2D eigenvalue weighted by atomic mass is 79.9. The predicted octanol–water partition coefficient (Wildman–Crippen LogP) is 5.19. The molecule has 106 valence electrons. The molecule has 0 aliphatic carbocycles. The van der Waals surface area contributed by atoms with Gasteiger partial charge in [0.15, 0.2) is 5.82 Å². The summed E-state index contributed by atoms with van der Waals surface area (Å²) in [6.45, 7) is 3.09. The Morgan fingerprint density at radius 2 is 2.25 bits per heavy atom. The number of fused-ring (bicyclic) bond motifs is 1. The average molecular weight is 391 g/mol. The van der Waals surface area contributed by atoms with Crippen molar-refractivity contribution in [3.63, 3.8) is 0 Å². The fourth-order valence-corrected chi connectivity index (χ4v) is 4.69. The largest absolute Gasteiger partial charge is 0.370 e. The Bertz CT molecular complexity index is 625. The SMILES string of the molecule is CCCNc1nc(-c2cc(Br)c(Cl)s2)nc2c1CSC2. The van der Waals surface area contributed by atoms with E-state index in [1.807, 2.05) is 17.8 Å². The lowest BCUT2D eigenvalue weighted by molar-refractivity contribution is 0.956. The van der Waals surface area contributed by atoms with E-state index >= 15 is 0 Å². The van der Waals surface area contributed by atoms with E-state index in [0.29, 0.717) is 0 Å². The van der Waals surface area contributed by atoms with Gasteiger partial charge in [0.2, 0.25) is 0 Å². The highest BCUT2D eigenvalue weighted by Crippen LogP contribution is 2.39. The molecule has 1 aliphatic heterocycles. The first kappa shape index (κ1) is 14.6. The number of aromatic nitrogens is 2. The number of rotatable bonds is 4. The summed E-state index contributed by atoms with van der Waals surface area (Å²) in [5, 5.41) is 3.42. The van der Waals surface area contributed by atoms with E-state index in [2.05, 4.69) is 28.2 Å². The number of hydrogen-bond acceptors (Lipinski definition) is 5. The van der Waals surface area contributed by atoms with Crippen LogP contribution in [0.25, 0.3) is 10.7 Å². The lowest BCUT2D eigenvalue weighted by atomic mass is 10.2. The van der Waals surface area contributed by atoms with Crippen molar-refractivity contribution < 1.29 is 0 Å². The molecule has 1 aliphatic rings. The first-order valence-corrected chi connectivity index (χ1v) is 9.50. The van der Waals surface area contributed by atoms with Gasteiger partial charge in [0.25, 0.3) is 0 Å². The monoisotopic (exact) mass is 389 g/mol. The van der Waals surface area contributed by atoms with E-state index in [4.69, 9.17) is 21.6 Å². The van der Waals surface area contributed by atoms with Crippen LogP contribution in [0.15, 0.2) is 10.5 Å². The van der Waals surface area contributed by atoms with Crippen LogP contribution in [0.1, 0.15) is 24.6 Å². The van der Waals surface area contributed by atoms with Crippen LogP contribution in [0.4, 0.5) is 5.82 Å². The second kappa shape index (κ2) is 6.22. The minimum Gasteiger partial charge on any atom is -0.370 e. The normalized spacial score (nSPS) is 13.6. The molecule has 20 heavy (non-hydrogen) atoms. The fourth-order valence-electron chi connectivity index (χ4n) is 2.01. The zero-order valence-corrected chi connectivity index (χ0v) is 14.8. The Balaban J connectivity index is 2.03. The minimum absolute atomic E-state index is 0.738. The zero-order valence-electron chi connectivity index (χ0n) is 10.9. The molecule has 0 radical (unpaired) electrons. The van der Waals surface area contributed by atoms with Crippen LogP contribution < -0.4 is 5.32 Å². The van der Waals surface area contributed by atoms with Gasteiger partial charge in [0.05, 0.1) is 10.6 Å². The van der Waals surface area contributed by atoms with Crippen molar-refractivity contribution in [2.45, 2.75) is 24.9 Å². The third kappa shape index (κ3) is 2.84. The molecule has 3 heterocycles. The van der Waals surface area contributed by atoms with Gasteiger partial charge in [-0.3, -0.25) is 0 Å². The van der Waals surface area contributed by atoms with E-state index in [9.17, 15) is 0 Å². The Morgan fingerprint density at radius 1 is 1.40 bits per heavy atom. The molecular weight excluding hydrogens is 378 g/mol. The van der Waals surface area contributed by atoms with Crippen molar-refractivity contribution in [1.82, 2.24) is 9.97 Å². The summed E-state index contributed by atoms with van der Waals surface area (Å²) in [4.78, 5) is 10.4. The van der Waals surface area contributed by atoms with Crippen LogP contribution in [0, 0.1) is 0 Å². The van der Waals surface area contributed by atoms with Crippen LogP contribution in [0.2, 0.25) is 4.34 Å². The summed E-state index contributed by atoms with van der Waals surface area (Å²) >= 11 is 12.9. The van der Waals surface area contributed by atoms with Crippen molar-refractivity contribution in [2.24, 2.45) is 0 Å². The van der Waals surface area contributed by atoms with Gasteiger partial charge in [-0.1, -0.05) is 18.5 Å². The molecule has 0 atom stereocenters. The summed E-state index contributed by atoms with van der Waals surface area (Å²) in [6, 6.07) is 1.99. The standard InChI is InChI=1S/C13H13BrClN3S2/c1-2-3-16-12-7-5-19-6-9(7)17-13(18-12)10-4-8(14)11(15)20-10/h4H,2-3,5-6H2,1H3,(H,16,17,18). The molecule has 0 aromatic carbocycles. The molecule has 2 aromatic heterocycles. The highest BCUT2D eigenvalue weighted by molar-refractivity contribution is 9.10. The number of anilines is 1. The molecule has 0 unspecified atom stereocenters. The fraction of sp³-hybridized carbons (Fsp3) is 0.385. The van der Waals surface area contributed by atoms with Gasteiger partial charge in [-0.2, -0.15) is 11.8 Å². The Labute approximate surface area is 139 Å². The van der Waals surface area contributed by atoms with Gasteiger partial charge in [-0.05, 0) is 28.4 Å². The summed E-state index contributed by atoms with van der Waals surface area (Å²) in [5.41, 5.74) is 2.41. The van der Waals surface area contributed by atoms with Crippen molar-refractivity contribution in [1.29, 1.82) is 0 Å². The zero-order chi connectivity index (χ0) is 14.1. The number of halogens is 2. The van der Waals surface area contributed by atoms with Crippen molar-refractivity contribution in [3.05, 3.63) is 26.1 Å². The Kier molecular flexibility index (Phi) is 4.55. The molecule has 0 amide bonds. The number of hydrogen-bond donors (Lipinski definition) is 1. The molecular formula is C13H13BrClN3S2. The highest BCUT2D eigenvalue weighted by Gasteiger charge is 2.21. The minimum atomic E-state index is 0.738. The van der Waals surface area contributed by atoms with Gasteiger partial charge in [0.1, 0.15) is 10.2 Å². The third-order valence-electron chi connectivity index (χ3n) is 2.99. The molecule has 1 N–H and O–H groups in total. The van der Waals surface area contributed by atoms with Crippen molar-refractivity contribution >= 4 is 56.4 Å². The van der Waals surface area contributed by atoms with E-state index in [1.165, 1.54) is 16.9 Å². The second-order valence-corrected chi connectivity index (χ2v) is 7.97. The topological polar surface area (TPSA) is 37.8 Å². The Hall–Kier alpha value is -0.300. The van der Waals surface area contributed by atoms with E-state index < -0.39 is 0 Å². The van der Waals surface area contributed by atoms with Crippen molar-refractivity contribution in [2.75, 3.05) is 11.9 Å². The molecule has 0 spiro atoms. The first-order chi connectivity index (χ1) is 9.69. The number of thioether (sulfide) groups is 1. The van der Waals surface area contributed by atoms with Gasteiger partial charge in [0, 0.05) is 28.1 Å². The maximum Gasteiger partial charge on any atom is 0.171 e. The first-order valence-electron chi connectivity index (χ1n) is 6.35. The smallest absolute Gasteiger partial charge is 0.171 e. The predicted molar refractivity (Wildman–Crippen MR) is 91.8 cm³/mol.